The monoisotopic (exact) mass is 414 g/mol. The molecule has 2 amide bonds. The predicted molar refractivity (Wildman–Crippen MR) is 109 cm³/mol. The molecule has 2 heterocycles. The number of aromatic nitrogens is 2. The lowest BCUT2D eigenvalue weighted by Crippen LogP contribution is -2.34. The fourth-order valence-electron chi connectivity index (χ4n) is 3.64. The molecule has 0 spiro atoms. The van der Waals surface area contributed by atoms with Crippen molar-refractivity contribution in [2.45, 2.75) is 45.9 Å². The van der Waals surface area contributed by atoms with E-state index in [-0.39, 0.29) is 29.5 Å². The van der Waals surface area contributed by atoms with Crippen LogP contribution in [0.4, 0.5) is 0 Å². The Kier molecular flexibility index (Phi) is 6.83. The van der Waals surface area contributed by atoms with E-state index < -0.39 is 24.1 Å². The molecule has 2 aromatic rings. The van der Waals surface area contributed by atoms with Gasteiger partial charge in [0, 0.05) is 25.6 Å². The summed E-state index contributed by atoms with van der Waals surface area (Å²) in [6.45, 7) is 3.95. The Morgan fingerprint density at radius 1 is 1.37 bits per heavy atom. The molecule has 0 aliphatic carbocycles. The van der Waals surface area contributed by atoms with Crippen LogP contribution in [0.2, 0.25) is 0 Å². The summed E-state index contributed by atoms with van der Waals surface area (Å²) >= 11 is 0. The van der Waals surface area contributed by atoms with Gasteiger partial charge in [-0.2, -0.15) is 0 Å². The van der Waals surface area contributed by atoms with Crippen molar-refractivity contribution in [1.29, 1.82) is 0 Å². The van der Waals surface area contributed by atoms with Crippen LogP contribution in [0.5, 0.6) is 5.75 Å². The Morgan fingerprint density at radius 3 is 2.83 bits per heavy atom. The first-order valence-electron chi connectivity index (χ1n) is 9.96. The van der Waals surface area contributed by atoms with Crippen LogP contribution in [-0.2, 0) is 17.9 Å². The van der Waals surface area contributed by atoms with Crippen molar-refractivity contribution in [1.82, 2.24) is 20.2 Å². The van der Waals surface area contributed by atoms with Crippen molar-refractivity contribution in [2.75, 3.05) is 13.2 Å². The average Bonchev–Trinajstić information content (AvgIpc) is 3.23. The zero-order chi connectivity index (χ0) is 21.7. The van der Waals surface area contributed by atoms with E-state index in [0.29, 0.717) is 25.3 Å². The quantitative estimate of drug-likeness (QED) is 0.627. The number of H-pyrrole nitrogens is 1. The van der Waals surface area contributed by atoms with Crippen LogP contribution in [0.25, 0.3) is 0 Å². The lowest BCUT2D eigenvalue weighted by molar-refractivity contribution is -0.129. The Balaban J connectivity index is 1.87. The Hall–Kier alpha value is -3.20. The highest BCUT2D eigenvalue weighted by Gasteiger charge is 2.31. The summed E-state index contributed by atoms with van der Waals surface area (Å²) in [5.74, 6) is 0.213. The van der Waals surface area contributed by atoms with Crippen molar-refractivity contribution in [3.63, 3.8) is 0 Å². The average molecular weight is 414 g/mol. The highest BCUT2D eigenvalue weighted by Crippen LogP contribution is 2.29. The maximum atomic E-state index is 12.8. The molecule has 9 nitrogen and oxygen atoms in total. The number of ether oxygens (including phenoxy) is 1. The lowest BCUT2D eigenvalue weighted by Gasteiger charge is -2.23. The topological polar surface area (TPSA) is 125 Å². The molecule has 9 heteroatoms. The van der Waals surface area contributed by atoms with Crippen LogP contribution in [0, 0.1) is 0 Å². The number of hydrogen-bond acceptors (Lipinski definition) is 6. The second-order valence-electron chi connectivity index (χ2n) is 7.03. The van der Waals surface area contributed by atoms with Gasteiger partial charge in [0.05, 0.1) is 24.8 Å². The highest BCUT2D eigenvalue weighted by atomic mass is 16.5. The van der Waals surface area contributed by atoms with E-state index in [1.54, 1.807) is 4.90 Å². The number of carbonyl (C=O) groups is 2. The smallest absolute Gasteiger partial charge is 0.270 e. The van der Waals surface area contributed by atoms with Gasteiger partial charge in [0.1, 0.15) is 17.3 Å². The number of benzene rings is 1. The van der Waals surface area contributed by atoms with Gasteiger partial charge in [-0.3, -0.25) is 14.4 Å². The molecule has 1 saturated heterocycles. The predicted octanol–water partition coefficient (Wildman–Crippen LogP) is 1.27. The molecule has 1 atom stereocenters. The number of amides is 2. The number of hydrogen-bond donors (Lipinski definition) is 3. The van der Waals surface area contributed by atoms with Gasteiger partial charge in [-0.1, -0.05) is 18.2 Å². The summed E-state index contributed by atoms with van der Waals surface area (Å²) in [5, 5.41) is 12.4. The molecule has 3 rings (SSSR count). The third kappa shape index (κ3) is 4.51. The van der Waals surface area contributed by atoms with Crippen LogP contribution in [-0.4, -0.2) is 44.9 Å². The molecule has 160 valence electrons. The molecule has 1 aromatic carbocycles. The highest BCUT2D eigenvalue weighted by molar-refractivity contribution is 5.93. The van der Waals surface area contributed by atoms with E-state index in [9.17, 15) is 19.5 Å². The number of nitrogens with one attached hydrogen (secondary N) is 2. The standard InChI is InChI=1S/C21H26N4O5/c1-3-30-17-9-5-4-7-14(17)11-22-21(29)18-15(12-26)20(28)24-19(23-18)16-8-6-10-25(16)13(2)27/h4-5,7,9,16,26H,3,6,8,10-12H2,1-2H3,(H,22,29)(H,23,24,28). The van der Waals surface area contributed by atoms with Gasteiger partial charge in [0.25, 0.3) is 11.5 Å². The molecular weight excluding hydrogens is 388 g/mol. The summed E-state index contributed by atoms with van der Waals surface area (Å²) in [5.41, 5.74) is -0.0538. The third-order valence-electron chi connectivity index (χ3n) is 5.09. The van der Waals surface area contributed by atoms with Crippen LogP contribution in [0.1, 0.15) is 60.2 Å². The summed E-state index contributed by atoms with van der Waals surface area (Å²) < 4.78 is 5.56. The Bertz CT molecular complexity index is 988. The molecule has 1 aromatic heterocycles. The van der Waals surface area contributed by atoms with Crippen LogP contribution < -0.4 is 15.6 Å². The molecule has 0 radical (unpaired) electrons. The van der Waals surface area contributed by atoms with Gasteiger partial charge in [-0.05, 0) is 25.8 Å². The van der Waals surface area contributed by atoms with E-state index in [2.05, 4.69) is 15.3 Å². The van der Waals surface area contributed by atoms with E-state index in [4.69, 9.17) is 4.74 Å². The molecule has 1 unspecified atom stereocenters. The van der Waals surface area contributed by atoms with Crippen LogP contribution in [0.15, 0.2) is 29.1 Å². The molecule has 1 fully saturated rings. The second-order valence-corrected chi connectivity index (χ2v) is 7.03. The maximum absolute atomic E-state index is 12.8. The normalized spacial score (nSPS) is 15.8. The number of likely N-dealkylation sites (tertiary alicyclic amines) is 1. The zero-order valence-corrected chi connectivity index (χ0v) is 17.1. The van der Waals surface area contributed by atoms with E-state index in [1.807, 2.05) is 31.2 Å². The number of nitrogens with zero attached hydrogens (tertiary/aromatic N) is 2. The summed E-state index contributed by atoms with van der Waals surface area (Å²) in [7, 11) is 0. The van der Waals surface area contributed by atoms with Gasteiger partial charge >= 0.3 is 0 Å². The van der Waals surface area contributed by atoms with Gasteiger partial charge < -0.3 is 25.0 Å². The van der Waals surface area contributed by atoms with Crippen LogP contribution in [0.3, 0.4) is 0 Å². The number of aromatic amines is 1. The molecular formula is C21H26N4O5. The van der Waals surface area contributed by atoms with Gasteiger partial charge in [-0.15, -0.1) is 0 Å². The summed E-state index contributed by atoms with van der Waals surface area (Å²) in [4.78, 5) is 45.8. The largest absolute Gasteiger partial charge is 0.494 e. The van der Waals surface area contributed by atoms with E-state index >= 15 is 0 Å². The second kappa shape index (κ2) is 9.53. The van der Waals surface area contributed by atoms with Crippen molar-refractivity contribution >= 4 is 11.8 Å². The summed E-state index contributed by atoms with van der Waals surface area (Å²) in [6, 6.07) is 6.92. The zero-order valence-electron chi connectivity index (χ0n) is 17.1. The minimum atomic E-state index is -0.623. The van der Waals surface area contributed by atoms with Crippen molar-refractivity contribution in [3.05, 3.63) is 57.3 Å². The molecule has 1 aliphatic rings. The number of para-hydroxylation sites is 1. The fraction of sp³-hybridized carbons (Fsp3) is 0.429. The minimum absolute atomic E-state index is 0.110. The van der Waals surface area contributed by atoms with Crippen molar-refractivity contribution in [3.8, 4) is 5.75 Å². The van der Waals surface area contributed by atoms with E-state index in [1.165, 1.54) is 6.92 Å². The molecule has 0 bridgehead atoms. The molecule has 0 saturated carbocycles. The van der Waals surface area contributed by atoms with E-state index in [0.717, 1.165) is 12.0 Å². The number of aliphatic hydroxyl groups is 1. The molecule has 3 N–H and O–H groups in total. The summed E-state index contributed by atoms with van der Waals surface area (Å²) in [6.07, 6.45) is 1.43. The minimum Gasteiger partial charge on any atom is -0.494 e. The first-order chi connectivity index (χ1) is 14.5. The first-order valence-corrected chi connectivity index (χ1v) is 9.96. The maximum Gasteiger partial charge on any atom is 0.270 e. The first kappa shape index (κ1) is 21.5. The van der Waals surface area contributed by atoms with Crippen molar-refractivity contribution in [2.24, 2.45) is 0 Å². The fourth-order valence-corrected chi connectivity index (χ4v) is 3.64. The number of rotatable bonds is 7. The molecule has 30 heavy (non-hydrogen) atoms. The lowest BCUT2D eigenvalue weighted by atomic mass is 10.1. The van der Waals surface area contributed by atoms with Gasteiger partial charge in [0.2, 0.25) is 5.91 Å². The Labute approximate surface area is 174 Å². The number of carbonyl (C=O) groups excluding carboxylic acids is 2. The number of aliphatic hydroxyl groups excluding tert-OH is 1. The van der Waals surface area contributed by atoms with Crippen molar-refractivity contribution < 1.29 is 19.4 Å². The Morgan fingerprint density at radius 2 is 2.13 bits per heavy atom. The van der Waals surface area contributed by atoms with Gasteiger partial charge in [-0.25, -0.2) is 4.98 Å². The van der Waals surface area contributed by atoms with Gasteiger partial charge in [0.15, 0.2) is 0 Å². The third-order valence-corrected chi connectivity index (χ3v) is 5.09. The van der Waals surface area contributed by atoms with Crippen LogP contribution >= 0.6 is 0 Å². The SMILES string of the molecule is CCOc1ccccc1CNC(=O)c1nc(C2CCCN2C(C)=O)[nH]c(=O)c1CO. The molecule has 1 aliphatic heterocycles.